The summed E-state index contributed by atoms with van der Waals surface area (Å²) in [5.41, 5.74) is 1.16. The highest BCUT2D eigenvalue weighted by Gasteiger charge is 2.28. The Bertz CT molecular complexity index is 451. The molecule has 1 aliphatic heterocycles. The molecule has 1 aliphatic rings. The van der Waals surface area contributed by atoms with Gasteiger partial charge in [0.2, 0.25) is 0 Å². The fourth-order valence-electron chi connectivity index (χ4n) is 2.23. The van der Waals surface area contributed by atoms with Crippen molar-refractivity contribution in [1.29, 1.82) is 0 Å². The summed E-state index contributed by atoms with van der Waals surface area (Å²) in [6.07, 6.45) is 1.01. The zero-order valence-electron chi connectivity index (χ0n) is 13.0. The van der Waals surface area contributed by atoms with Gasteiger partial charge in [-0.05, 0) is 12.3 Å². The van der Waals surface area contributed by atoms with E-state index in [4.69, 9.17) is 4.98 Å². The Labute approximate surface area is 131 Å². The Kier molecular flexibility index (Phi) is 5.61. The maximum atomic E-state index is 4.82. The van der Waals surface area contributed by atoms with E-state index in [-0.39, 0.29) is 0 Å². The van der Waals surface area contributed by atoms with Crippen LogP contribution in [0.4, 0.5) is 5.82 Å². The molecule has 2 rings (SSSR count). The van der Waals surface area contributed by atoms with Crippen LogP contribution in [0.3, 0.4) is 0 Å². The summed E-state index contributed by atoms with van der Waals surface area (Å²) < 4.78 is 0. The molecule has 0 spiro atoms. The second kappa shape index (κ2) is 7.03. The van der Waals surface area contributed by atoms with E-state index in [0.29, 0.717) is 16.4 Å². The van der Waals surface area contributed by atoms with E-state index in [9.17, 15) is 0 Å². The van der Waals surface area contributed by atoms with Gasteiger partial charge in [-0.3, -0.25) is 0 Å². The Morgan fingerprint density at radius 3 is 2.65 bits per heavy atom. The molecule has 0 bridgehead atoms. The molecule has 2 heterocycles. The normalized spacial score (nSPS) is 26.8. The highest BCUT2D eigenvalue weighted by Crippen LogP contribution is 2.43. The average molecular weight is 312 g/mol. The standard InChI is InChI=1S/C15H25N3S2/c1-9(2)6-12-7-14(16-5)18-15(17-12)13-8-19-10(3)11(4)20-13/h7,9-11,13H,6,8H2,1-5H3,(H,16,17,18). The second-order valence-electron chi connectivity index (χ2n) is 5.82. The van der Waals surface area contributed by atoms with E-state index in [1.165, 1.54) is 0 Å². The lowest BCUT2D eigenvalue weighted by Gasteiger charge is -2.30. The van der Waals surface area contributed by atoms with Gasteiger partial charge < -0.3 is 5.32 Å². The van der Waals surface area contributed by atoms with Gasteiger partial charge in [0.05, 0.1) is 5.25 Å². The number of thioether (sulfide) groups is 2. The zero-order chi connectivity index (χ0) is 14.7. The van der Waals surface area contributed by atoms with Crippen LogP contribution in [0.1, 0.15) is 44.5 Å². The molecule has 5 heteroatoms. The van der Waals surface area contributed by atoms with Crippen LogP contribution in [0.25, 0.3) is 0 Å². The third-order valence-corrected chi connectivity index (χ3v) is 6.90. The third kappa shape index (κ3) is 4.04. The highest BCUT2D eigenvalue weighted by molar-refractivity contribution is 8.07. The Hall–Kier alpha value is -0.420. The molecular weight excluding hydrogens is 286 g/mol. The molecular formula is C15H25N3S2. The van der Waals surface area contributed by atoms with Gasteiger partial charge in [-0.15, -0.1) is 11.8 Å². The zero-order valence-corrected chi connectivity index (χ0v) is 14.6. The van der Waals surface area contributed by atoms with Gasteiger partial charge in [0, 0.05) is 35.1 Å². The van der Waals surface area contributed by atoms with E-state index >= 15 is 0 Å². The number of nitrogens with zero attached hydrogens (tertiary/aromatic N) is 2. The minimum Gasteiger partial charge on any atom is -0.373 e. The predicted molar refractivity (Wildman–Crippen MR) is 91.8 cm³/mol. The molecule has 3 atom stereocenters. The van der Waals surface area contributed by atoms with Gasteiger partial charge >= 0.3 is 0 Å². The highest BCUT2D eigenvalue weighted by atomic mass is 32.2. The quantitative estimate of drug-likeness (QED) is 0.909. The molecule has 0 aromatic carbocycles. The van der Waals surface area contributed by atoms with Gasteiger partial charge in [-0.1, -0.05) is 27.7 Å². The molecule has 0 aliphatic carbocycles. The van der Waals surface area contributed by atoms with Crippen LogP contribution in [0.2, 0.25) is 0 Å². The fourth-order valence-corrected chi connectivity index (χ4v) is 5.08. The van der Waals surface area contributed by atoms with Crippen molar-refractivity contribution >= 4 is 29.3 Å². The lowest BCUT2D eigenvalue weighted by atomic mass is 10.1. The predicted octanol–water partition coefficient (Wildman–Crippen LogP) is 4.01. The lowest BCUT2D eigenvalue weighted by Crippen LogP contribution is -2.23. The molecule has 1 N–H and O–H groups in total. The average Bonchev–Trinajstić information content (AvgIpc) is 2.40. The minimum atomic E-state index is 0.422. The molecule has 0 saturated carbocycles. The molecule has 1 aromatic rings. The summed E-state index contributed by atoms with van der Waals surface area (Å²) >= 11 is 4.06. The molecule has 3 nitrogen and oxygen atoms in total. The van der Waals surface area contributed by atoms with Gasteiger partial charge in [0.15, 0.2) is 0 Å². The minimum absolute atomic E-state index is 0.422. The number of rotatable bonds is 4. The topological polar surface area (TPSA) is 37.8 Å². The molecule has 20 heavy (non-hydrogen) atoms. The summed E-state index contributed by atoms with van der Waals surface area (Å²) in [6, 6.07) is 2.08. The second-order valence-corrected chi connectivity index (χ2v) is 8.81. The lowest BCUT2D eigenvalue weighted by molar-refractivity contribution is 0.630. The van der Waals surface area contributed by atoms with Crippen molar-refractivity contribution in [3.63, 3.8) is 0 Å². The molecule has 0 amide bonds. The number of hydrogen-bond donors (Lipinski definition) is 1. The van der Waals surface area contributed by atoms with Crippen molar-refractivity contribution in [2.75, 3.05) is 18.1 Å². The van der Waals surface area contributed by atoms with Gasteiger partial charge in [0.1, 0.15) is 11.6 Å². The monoisotopic (exact) mass is 311 g/mol. The van der Waals surface area contributed by atoms with Crippen LogP contribution >= 0.6 is 23.5 Å². The summed E-state index contributed by atoms with van der Waals surface area (Å²) in [5.74, 6) is 3.69. The van der Waals surface area contributed by atoms with Crippen LogP contribution in [0, 0.1) is 5.92 Å². The summed E-state index contributed by atoms with van der Waals surface area (Å²) in [7, 11) is 1.93. The van der Waals surface area contributed by atoms with Gasteiger partial charge in [-0.2, -0.15) is 11.8 Å². The van der Waals surface area contributed by atoms with Gasteiger partial charge in [0.25, 0.3) is 0 Å². The SMILES string of the molecule is CNc1cc(CC(C)C)nc(C2CSC(C)C(C)S2)n1. The maximum Gasteiger partial charge on any atom is 0.144 e. The Morgan fingerprint density at radius 2 is 2.05 bits per heavy atom. The number of nitrogens with one attached hydrogen (secondary N) is 1. The first-order chi connectivity index (χ1) is 9.49. The Balaban J connectivity index is 2.21. The van der Waals surface area contributed by atoms with Crippen molar-refractivity contribution < 1.29 is 0 Å². The van der Waals surface area contributed by atoms with E-state index in [2.05, 4.69) is 44.1 Å². The first kappa shape index (κ1) is 16.0. The molecule has 112 valence electrons. The van der Waals surface area contributed by atoms with Crippen molar-refractivity contribution in [1.82, 2.24) is 9.97 Å². The molecule has 1 saturated heterocycles. The third-order valence-electron chi connectivity index (χ3n) is 3.51. The van der Waals surface area contributed by atoms with Crippen molar-refractivity contribution in [2.45, 2.75) is 49.9 Å². The number of aromatic nitrogens is 2. The van der Waals surface area contributed by atoms with Crippen LogP contribution in [0.15, 0.2) is 6.07 Å². The van der Waals surface area contributed by atoms with Crippen molar-refractivity contribution in [3.05, 3.63) is 17.6 Å². The van der Waals surface area contributed by atoms with Crippen molar-refractivity contribution in [3.8, 4) is 0 Å². The smallest absolute Gasteiger partial charge is 0.144 e. The first-order valence-electron chi connectivity index (χ1n) is 7.32. The summed E-state index contributed by atoms with van der Waals surface area (Å²) in [4.78, 5) is 9.51. The van der Waals surface area contributed by atoms with Crippen LogP contribution in [-0.4, -0.2) is 33.3 Å². The molecule has 1 aromatic heterocycles. The maximum absolute atomic E-state index is 4.82. The molecule has 0 radical (unpaired) electrons. The van der Waals surface area contributed by atoms with Gasteiger partial charge in [-0.25, -0.2) is 9.97 Å². The largest absolute Gasteiger partial charge is 0.373 e. The summed E-state index contributed by atoms with van der Waals surface area (Å²) in [6.45, 7) is 9.09. The van der Waals surface area contributed by atoms with Crippen LogP contribution in [-0.2, 0) is 6.42 Å². The van der Waals surface area contributed by atoms with E-state index in [1.54, 1.807) is 0 Å². The van der Waals surface area contributed by atoms with Crippen LogP contribution < -0.4 is 5.32 Å². The molecule has 3 unspecified atom stereocenters. The van der Waals surface area contributed by atoms with E-state index in [0.717, 1.165) is 34.8 Å². The molecule has 1 fully saturated rings. The van der Waals surface area contributed by atoms with E-state index in [1.807, 2.05) is 30.6 Å². The Morgan fingerprint density at radius 1 is 1.30 bits per heavy atom. The fraction of sp³-hybridized carbons (Fsp3) is 0.733. The number of hydrogen-bond acceptors (Lipinski definition) is 5. The van der Waals surface area contributed by atoms with Crippen molar-refractivity contribution in [2.24, 2.45) is 5.92 Å². The van der Waals surface area contributed by atoms with E-state index < -0.39 is 0 Å². The number of anilines is 1. The van der Waals surface area contributed by atoms with Crippen LogP contribution in [0.5, 0.6) is 0 Å². The first-order valence-corrected chi connectivity index (χ1v) is 9.31. The summed E-state index contributed by atoms with van der Waals surface area (Å²) in [5, 5.41) is 4.98.